The van der Waals surface area contributed by atoms with Gasteiger partial charge in [-0.2, -0.15) is 0 Å². The number of nitrogens with one attached hydrogen (secondary N) is 1. The van der Waals surface area contributed by atoms with E-state index >= 15 is 0 Å². The minimum atomic E-state index is -0.473. The summed E-state index contributed by atoms with van der Waals surface area (Å²) in [4.78, 5) is 24.1. The highest BCUT2D eigenvalue weighted by Gasteiger charge is 2.15. The highest BCUT2D eigenvalue weighted by atomic mass is 16.5. The first-order chi connectivity index (χ1) is 10.9. The van der Waals surface area contributed by atoms with E-state index in [0.29, 0.717) is 11.3 Å². The molecular formula is C19H21NO3. The Hall–Kier alpha value is -2.62. The standard InChI is InChI=1S/C19H21NO3/c1-12-5-7-16(8-6-12)20-17(21)11-23-19(22)18-14(3)9-13(2)10-15(18)4/h5-10H,11H2,1-4H3,(H,20,21). The van der Waals surface area contributed by atoms with E-state index < -0.39 is 5.97 Å². The van der Waals surface area contributed by atoms with E-state index in [-0.39, 0.29) is 12.5 Å². The normalized spacial score (nSPS) is 10.3. The molecule has 0 atom stereocenters. The summed E-state index contributed by atoms with van der Waals surface area (Å²) in [6.45, 7) is 7.37. The van der Waals surface area contributed by atoms with Crippen molar-refractivity contribution in [1.82, 2.24) is 0 Å². The molecule has 2 aromatic carbocycles. The lowest BCUT2D eigenvalue weighted by Crippen LogP contribution is -2.21. The van der Waals surface area contributed by atoms with Crippen molar-refractivity contribution in [3.63, 3.8) is 0 Å². The Labute approximate surface area is 136 Å². The number of ether oxygens (including phenoxy) is 1. The Morgan fingerprint density at radius 3 is 2.04 bits per heavy atom. The Morgan fingerprint density at radius 2 is 1.48 bits per heavy atom. The van der Waals surface area contributed by atoms with Gasteiger partial charge >= 0.3 is 5.97 Å². The number of hydrogen-bond donors (Lipinski definition) is 1. The molecule has 0 unspecified atom stereocenters. The summed E-state index contributed by atoms with van der Waals surface area (Å²) in [7, 11) is 0. The Bertz CT molecular complexity index is 710. The number of amides is 1. The highest BCUT2D eigenvalue weighted by molar-refractivity contribution is 5.96. The number of anilines is 1. The molecule has 0 spiro atoms. The molecule has 0 bridgehead atoms. The first kappa shape index (κ1) is 16.7. The zero-order valence-electron chi connectivity index (χ0n) is 13.9. The molecule has 2 aromatic rings. The molecule has 0 aliphatic heterocycles. The summed E-state index contributed by atoms with van der Waals surface area (Å²) in [5, 5.41) is 2.70. The van der Waals surface area contributed by atoms with Gasteiger partial charge in [-0.15, -0.1) is 0 Å². The van der Waals surface area contributed by atoms with Gasteiger partial charge in [0.15, 0.2) is 6.61 Å². The van der Waals surface area contributed by atoms with Crippen molar-refractivity contribution in [3.8, 4) is 0 Å². The molecule has 0 aromatic heterocycles. The first-order valence-corrected chi connectivity index (χ1v) is 7.48. The van der Waals surface area contributed by atoms with E-state index in [1.807, 2.05) is 64.1 Å². The van der Waals surface area contributed by atoms with Gasteiger partial charge in [0.25, 0.3) is 5.91 Å². The number of rotatable bonds is 4. The fourth-order valence-corrected chi connectivity index (χ4v) is 2.54. The molecule has 4 nitrogen and oxygen atoms in total. The zero-order valence-corrected chi connectivity index (χ0v) is 13.9. The fraction of sp³-hybridized carbons (Fsp3) is 0.263. The molecule has 0 fully saturated rings. The molecule has 0 saturated carbocycles. The Morgan fingerprint density at radius 1 is 0.913 bits per heavy atom. The zero-order chi connectivity index (χ0) is 17.0. The minimum absolute atomic E-state index is 0.306. The van der Waals surface area contributed by atoms with Crippen LogP contribution in [-0.4, -0.2) is 18.5 Å². The van der Waals surface area contributed by atoms with Gasteiger partial charge in [0, 0.05) is 5.69 Å². The quantitative estimate of drug-likeness (QED) is 0.876. The fourth-order valence-electron chi connectivity index (χ4n) is 2.54. The lowest BCUT2D eigenvalue weighted by Gasteiger charge is -2.11. The maximum Gasteiger partial charge on any atom is 0.339 e. The summed E-state index contributed by atoms with van der Waals surface area (Å²) in [5.74, 6) is -0.830. The number of hydrogen-bond acceptors (Lipinski definition) is 3. The minimum Gasteiger partial charge on any atom is -0.452 e. The Balaban J connectivity index is 1.96. The van der Waals surface area contributed by atoms with E-state index in [1.165, 1.54) is 0 Å². The van der Waals surface area contributed by atoms with Crippen molar-refractivity contribution in [2.75, 3.05) is 11.9 Å². The van der Waals surface area contributed by atoms with Crippen LogP contribution in [-0.2, 0) is 9.53 Å². The summed E-state index contributed by atoms with van der Waals surface area (Å²) < 4.78 is 5.14. The Kier molecular flexibility index (Phi) is 5.16. The summed E-state index contributed by atoms with van der Waals surface area (Å²) in [5.41, 5.74) is 5.12. The van der Waals surface area contributed by atoms with E-state index in [1.54, 1.807) is 0 Å². The van der Waals surface area contributed by atoms with E-state index in [2.05, 4.69) is 5.32 Å². The van der Waals surface area contributed by atoms with Gasteiger partial charge in [-0.25, -0.2) is 4.79 Å². The lowest BCUT2D eigenvalue weighted by molar-refractivity contribution is -0.119. The molecule has 2 rings (SSSR count). The number of aryl methyl sites for hydroxylation is 4. The molecular weight excluding hydrogens is 290 g/mol. The molecule has 1 amide bonds. The molecule has 0 aliphatic rings. The van der Waals surface area contributed by atoms with Crippen LogP contribution >= 0.6 is 0 Å². The molecule has 4 heteroatoms. The topological polar surface area (TPSA) is 55.4 Å². The van der Waals surface area contributed by atoms with Gasteiger partial charge in [-0.3, -0.25) is 4.79 Å². The van der Waals surface area contributed by atoms with Crippen LogP contribution < -0.4 is 5.32 Å². The summed E-state index contributed by atoms with van der Waals surface area (Å²) >= 11 is 0. The first-order valence-electron chi connectivity index (χ1n) is 7.48. The number of esters is 1. The van der Waals surface area contributed by atoms with Crippen molar-refractivity contribution in [2.45, 2.75) is 27.7 Å². The highest BCUT2D eigenvalue weighted by Crippen LogP contribution is 2.17. The van der Waals surface area contributed by atoms with E-state index in [0.717, 1.165) is 22.3 Å². The predicted molar refractivity (Wildman–Crippen MR) is 90.7 cm³/mol. The van der Waals surface area contributed by atoms with Gasteiger partial charge in [0.2, 0.25) is 0 Å². The smallest absolute Gasteiger partial charge is 0.339 e. The van der Waals surface area contributed by atoms with Crippen molar-refractivity contribution in [2.24, 2.45) is 0 Å². The predicted octanol–water partition coefficient (Wildman–Crippen LogP) is 3.72. The molecule has 0 saturated heterocycles. The molecule has 1 N–H and O–H groups in total. The van der Waals surface area contributed by atoms with Crippen molar-refractivity contribution < 1.29 is 14.3 Å². The van der Waals surface area contributed by atoms with Crippen LogP contribution in [0.25, 0.3) is 0 Å². The van der Waals surface area contributed by atoms with Gasteiger partial charge < -0.3 is 10.1 Å². The van der Waals surface area contributed by atoms with Crippen LogP contribution in [0.15, 0.2) is 36.4 Å². The second-order valence-electron chi connectivity index (χ2n) is 5.76. The van der Waals surface area contributed by atoms with Gasteiger partial charge in [0.1, 0.15) is 0 Å². The monoisotopic (exact) mass is 311 g/mol. The maximum absolute atomic E-state index is 12.2. The SMILES string of the molecule is Cc1ccc(NC(=O)COC(=O)c2c(C)cc(C)cc2C)cc1. The molecule has 120 valence electrons. The third kappa shape index (κ3) is 4.42. The van der Waals surface area contributed by atoms with Gasteiger partial charge in [0.05, 0.1) is 5.56 Å². The largest absolute Gasteiger partial charge is 0.452 e. The van der Waals surface area contributed by atoms with Crippen LogP contribution in [0.5, 0.6) is 0 Å². The third-order valence-corrected chi connectivity index (χ3v) is 3.55. The van der Waals surface area contributed by atoms with Gasteiger partial charge in [-0.05, 0) is 51.0 Å². The van der Waals surface area contributed by atoms with Crippen molar-refractivity contribution in [1.29, 1.82) is 0 Å². The van der Waals surface area contributed by atoms with Crippen LogP contribution in [0.3, 0.4) is 0 Å². The maximum atomic E-state index is 12.2. The lowest BCUT2D eigenvalue weighted by atomic mass is 10.00. The molecule has 23 heavy (non-hydrogen) atoms. The number of carbonyl (C=O) groups excluding carboxylic acids is 2. The van der Waals surface area contributed by atoms with E-state index in [4.69, 9.17) is 4.74 Å². The van der Waals surface area contributed by atoms with Crippen molar-refractivity contribution in [3.05, 3.63) is 64.2 Å². The van der Waals surface area contributed by atoms with Crippen LogP contribution in [0.4, 0.5) is 5.69 Å². The molecule has 0 radical (unpaired) electrons. The number of benzene rings is 2. The molecule has 0 aliphatic carbocycles. The third-order valence-electron chi connectivity index (χ3n) is 3.55. The average Bonchev–Trinajstić information content (AvgIpc) is 2.46. The second-order valence-corrected chi connectivity index (χ2v) is 5.76. The average molecular weight is 311 g/mol. The van der Waals surface area contributed by atoms with Crippen LogP contribution in [0, 0.1) is 27.7 Å². The van der Waals surface area contributed by atoms with Gasteiger partial charge in [-0.1, -0.05) is 35.4 Å². The summed E-state index contributed by atoms with van der Waals surface area (Å²) in [6.07, 6.45) is 0. The van der Waals surface area contributed by atoms with Crippen LogP contribution in [0.2, 0.25) is 0 Å². The number of carbonyl (C=O) groups is 2. The second kappa shape index (κ2) is 7.09. The van der Waals surface area contributed by atoms with E-state index in [9.17, 15) is 9.59 Å². The van der Waals surface area contributed by atoms with Crippen molar-refractivity contribution >= 4 is 17.6 Å². The summed E-state index contributed by atoms with van der Waals surface area (Å²) in [6, 6.07) is 11.3. The van der Waals surface area contributed by atoms with Crippen LogP contribution in [0.1, 0.15) is 32.6 Å². The molecule has 0 heterocycles.